The molecule has 162 valence electrons. The second kappa shape index (κ2) is 8.55. The minimum absolute atomic E-state index is 0.0696. The Hall–Kier alpha value is -3.75. The van der Waals surface area contributed by atoms with E-state index in [9.17, 15) is 14.0 Å². The fourth-order valence-corrected chi connectivity index (χ4v) is 2.79. The summed E-state index contributed by atoms with van der Waals surface area (Å²) in [6, 6.07) is 11.2. The first-order valence-electron chi connectivity index (χ1n) is 9.64. The maximum atomic E-state index is 13.8. The van der Waals surface area contributed by atoms with E-state index in [4.69, 9.17) is 4.74 Å². The predicted octanol–water partition coefficient (Wildman–Crippen LogP) is 4.62. The number of carbonyl (C=O) groups is 2. The smallest absolute Gasteiger partial charge is 0.412 e. The summed E-state index contributed by atoms with van der Waals surface area (Å²) < 4.78 is 20.6. The second-order valence-electron chi connectivity index (χ2n) is 8.04. The molecule has 0 aliphatic heterocycles. The molecule has 0 aliphatic carbocycles. The number of hydrogen-bond acceptors (Lipinski definition) is 5. The number of carbonyl (C=O) groups excluding carboxylic acids is 2. The summed E-state index contributed by atoms with van der Waals surface area (Å²) in [5, 5.41) is 13.1. The predicted molar refractivity (Wildman–Crippen MR) is 115 cm³/mol. The quantitative estimate of drug-likeness (QED) is 0.635. The van der Waals surface area contributed by atoms with E-state index in [0.717, 1.165) is 17.3 Å². The number of benzene rings is 2. The van der Waals surface area contributed by atoms with Crippen LogP contribution >= 0.6 is 0 Å². The zero-order valence-electron chi connectivity index (χ0n) is 18.0. The van der Waals surface area contributed by atoms with Crippen molar-refractivity contribution in [2.24, 2.45) is 0 Å². The van der Waals surface area contributed by atoms with E-state index in [1.807, 2.05) is 31.2 Å². The van der Waals surface area contributed by atoms with Crippen molar-refractivity contribution in [3.63, 3.8) is 0 Å². The van der Waals surface area contributed by atoms with Crippen LogP contribution in [0.4, 0.5) is 20.6 Å². The van der Waals surface area contributed by atoms with Crippen LogP contribution in [0.3, 0.4) is 0 Å². The van der Waals surface area contributed by atoms with E-state index >= 15 is 0 Å². The monoisotopic (exact) mass is 425 g/mol. The molecule has 0 unspecified atom stereocenters. The summed E-state index contributed by atoms with van der Waals surface area (Å²) in [6.45, 7) is 8.85. The van der Waals surface area contributed by atoms with Gasteiger partial charge in [0.05, 0.1) is 22.8 Å². The SMILES string of the molecule is Cc1ccc(-n2nnc(C(=O)Nc3cc(F)ccc3NC(=O)OC(C)(C)C)c2C)cc1. The molecular weight excluding hydrogens is 401 g/mol. The van der Waals surface area contributed by atoms with Crippen molar-refractivity contribution in [1.29, 1.82) is 0 Å². The van der Waals surface area contributed by atoms with Gasteiger partial charge >= 0.3 is 6.09 Å². The highest BCUT2D eigenvalue weighted by Crippen LogP contribution is 2.25. The molecule has 2 amide bonds. The van der Waals surface area contributed by atoms with Crippen molar-refractivity contribution in [3.8, 4) is 5.69 Å². The summed E-state index contributed by atoms with van der Waals surface area (Å²) in [4.78, 5) is 24.9. The molecule has 0 saturated heterocycles. The molecule has 1 aromatic heterocycles. The van der Waals surface area contributed by atoms with E-state index in [1.165, 1.54) is 12.1 Å². The molecular formula is C22H24FN5O3. The van der Waals surface area contributed by atoms with Gasteiger partial charge in [-0.05, 0) is 65.0 Å². The third kappa shape index (κ3) is 5.44. The van der Waals surface area contributed by atoms with Crippen LogP contribution in [0, 0.1) is 19.7 Å². The van der Waals surface area contributed by atoms with Crippen LogP contribution in [0.5, 0.6) is 0 Å². The van der Waals surface area contributed by atoms with Gasteiger partial charge in [0.15, 0.2) is 5.69 Å². The molecule has 0 aliphatic rings. The number of ether oxygens (including phenoxy) is 1. The Morgan fingerprint density at radius 3 is 2.32 bits per heavy atom. The highest BCUT2D eigenvalue weighted by Gasteiger charge is 2.21. The van der Waals surface area contributed by atoms with Crippen LogP contribution in [-0.4, -0.2) is 32.6 Å². The van der Waals surface area contributed by atoms with Gasteiger partial charge in [0.25, 0.3) is 5.91 Å². The molecule has 8 nitrogen and oxygen atoms in total. The normalized spacial score (nSPS) is 11.2. The number of rotatable bonds is 4. The highest BCUT2D eigenvalue weighted by molar-refractivity contribution is 6.06. The number of anilines is 2. The van der Waals surface area contributed by atoms with E-state index < -0.39 is 23.4 Å². The first kappa shape index (κ1) is 21.9. The summed E-state index contributed by atoms with van der Waals surface area (Å²) in [5.74, 6) is -1.17. The summed E-state index contributed by atoms with van der Waals surface area (Å²) in [5.41, 5.74) is 1.99. The Bertz CT molecular complexity index is 1120. The lowest BCUT2D eigenvalue weighted by Crippen LogP contribution is -2.27. The maximum absolute atomic E-state index is 13.8. The van der Waals surface area contributed by atoms with Gasteiger partial charge in [-0.15, -0.1) is 5.10 Å². The van der Waals surface area contributed by atoms with Crippen molar-refractivity contribution >= 4 is 23.4 Å². The molecule has 3 aromatic rings. The van der Waals surface area contributed by atoms with Gasteiger partial charge < -0.3 is 10.1 Å². The van der Waals surface area contributed by atoms with Gasteiger partial charge in [0, 0.05) is 0 Å². The van der Waals surface area contributed by atoms with Crippen LogP contribution in [0.1, 0.15) is 42.5 Å². The van der Waals surface area contributed by atoms with Crippen molar-refractivity contribution in [2.45, 2.75) is 40.2 Å². The van der Waals surface area contributed by atoms with E-state index in [0.29, 0.717) is 5.69 Å². The van der Waals surface area contributed by atoms with E-state index in [2.05, 4.69) is 20.9 Å². The van der Waals surface area contributed by atoms with Gasteiger partial charge in [-0.3, -0.25) is 10.1 Å². The minimum Gasteiger partial charge on any atom is -0.444 e. The van der Waals surface area contributed by atoms with E-state index in [1.54, 1.807) is 32.4 Å². The number of nitrogens with zero attached hydrogens (tertiary/aromatic N) is 3. The largest absolute Gasteiger partial charge is 0.444 e. The third-order valence-electron chi connectivity index (χ3n) is 4.25. The van der Waals surface area contributed by atoms with E-state index in [-0.39, 0.29) is 17.1 Å². The molecule has 0 saturated carbocycles. The Morgan fingerprint density at radius 1 is 1.00 bits per heavy atom. The minimum atomic E-state index is -0.726. The first-order valence-corrected chi connectivity index (χ1v) is 9.64. The molecule has 1 heterocycles. The number of hydrogen-bond donors (Lipinski definition) is 2. The van der Waals surface area contributed by atoms with Crippen molar-refractivity contribution in [3.05, 3.63) is 65.2 Å². The number of halogens is 1. The standard InChI is InChI=1S/C22H24FN5O3/c1-13-6-9-16(10-7-13)28-14(2)19(26-27-28)20(29)24-18-12-15(23)8-11-17(18)25-21(30)31-22(3,4)5/h6-12H,1-5H3,(H,24,29)(H,25,30). The molecule has 9 heteroatoms. The maximum Gasteiger partial charge on any atom is 0.412 e. The van der Waals surface area contributed by atoms with Crippen molar-refractivity contribution in [2.75, 3.05) is 10.6 Å². The molecule has 0 atom stereocenters. The number of nitrogens with one attached hydrogen (secondary N) is 2. The van der Waals surface area contributed by atoms with Gasteiger partial charge in [-0.25, -0.2) is 13.9 Å². The lowest BCUT2D eigenvalue weighted by Gasteiger charge is -2.20. The zero-order chi connectivity index (χ0) is 22.8. The lowest BCUT2D eigenvalue weighted by molar-refractivity contribution is 0.0635. The number of aryl methyl sites for hydroxylation is 1. The molecule has 31 heavy (non-hydrogen) atoms. The average molecular weight is 425 g/mol. The molecule has 0 spiro atoms. The zero-order valence-corrected chi connectivity index (χ0v) is 18.0. The van der Waals surface area contributed by atoms with Gasteiger partial charge in [-0.2, -0.15) is 0 Å². The third-order valence-corrected chi connectivity index (χ3v) is 4.25. The Kier molecular flexibility index (Phi) is 6.05. The Balaban J connectivity index is 1.83. The topological polar surface area (TPSA) is 98.1 Å². The molecule has 0 bridgehead atoms. The van der Waals surface area contributed by atoms with Crippen molar-refractivity contribution in [1.82, 2.24) is 15.0 Å². The Morgan fingerprint density at radius 2 is 1.68 bits per heavy atom. The average Bonchev–Trinajstić information content (AvgIpc) is 3.04. The lowest BCUT2D eigenvalue weighted by atomic mass is 10.2. The van der Waals surface area contributed by atoms with Crippen LogP contribution in [0.15, 0.2) is 42.5 Å². The fraction of sp³-hybridized carbons (Fsp3) is 0.273. The molecule has 0 fully saturated rings. The van der Waals surface area contributed by atoms with Crippen LogP contribution in [-0.2, 0) is 4.74 Å². The van der Waals surface area contributed by atoms with Crippen LogP contribution < -0.4 is 10.6 Å². The fourth-order valence-electron chi connectivity index (χ4n) is 2.79. The van der Waals surface area contributed by atoms with Crippen LogP contribution in [0.25, 0.3) is 5.69 Å². The van der Waals surface area contributed by atoms with Gasteiger partial charge in [0.2, 0.25) is 0 Å². The summed E-state index contributed by atoms with van der Waals surface area (Å²) >= 11 is 0. The molecule has 2 N–H and O–H groups in total. The number of amides is 2. The second-order valence-corrected chi connectivity index (χ2v) is 8.04. The van der Waals surface area contributed by atoms with Crippen LogP contribution in [0.2, 0.25) is 0 Å². The Labute approximate surface area is 179 Å². The first-order chi connectivity index (χ1) is 14.5. The number of aromatic nitrogens is 3. The molecule has 0 radical (unpaired) electrons. The van der Waals surface area contributed by atoms with Crippen molar-refractivity contribution < 1.29 is 18.7 Å². The highest BCUT2D eigenvalue weighted by atomic mass is 19.1. The molecule has 2 aromatic carbocycles. The summed E-state index contributed by atoms with van der Waals surface area (Å²) in [7, 11) is 0. The molecule has 3 rings (SSSR count). The van der Waals surface area contributed by atoms with Gasteiger partial charge in [-0.1, -0.05) is 22.9 Å². The summed E-state index contributed by atoms with van der Waals surface area (Å²) in [6.07, 6.45) is -0.726. The van der Waals surface area contributed by atoms with Gasteiger partial charge in [0.1, 0.15) is 11.4 Å².